The number of hydrogen-bond donors (Lipinski definition) is 5. The van der Waals surface area contributed by atoms with E-state index in [2.05, 4.69) is 26.2 Å². The third-order valence-corrected chi connectivity index (χ3v) is 15.0. The minimum atomic E-state index is -1.25. The van der Waals surface area contributed by atoms with Crippen molar-refractivity contribution in [2.24, 2.45) is 12.8 Å². The highest BCUT2D eigenvalue weighted by molar-refractivity contribution is 6.00. The van der Waals surface area contributed by atoms with Crippen molar-refractivity contribution in [2.75, 3.05) is 32.7 Å². The zero-order valence-electron chi connectivity index (χ0n) is 43.3. The molecule has 4 fully saturated rings. The fraction of sp³-hybridized carbons (Fsp3) is 0.509. The Balaban J connectivity index is 0.893. The van der Waals surface area contributed by atoms with Crippen molar-refractivity contribution in [2.45, 2.75) is 139 Å². The van der Waals surface area contributed by atoms with Gasteiger partial charge in [-0.15, -0.1) is 0 Å². The first-order valence-electron chi connectivity index (χ1n) is 26.2. The molecule has 0 saturated carbocycles. The summed E-state index contributed by atoms with van der Waals surface area (Å²) in [5.41, 5.74) is 8.42. The summed E-state index contributed by atoms with van der Waals surface area (Å²) in [7, 11) is 1.69. The van der Waals surface area contributed by atoms with Crippen molar-refractivity contribution in [3.63, 3.8) is 0 Å². The molecule has 20 heteroatoms. The summed E-state index contributed by atoms with van der Waals surface area (Å²) in [5, 5.41) is 11.0. The number of nitrogens with zero attached hydrogens (tertiary/aromatic N) is 5. The second-order valence-electron chi connectivity index (χ2n) is 21.3. The molecule has 4 aliphatic heterocycles. The monoisotopic (exact) mass is 1030 g/mol. The number of imidazole rings is 1. The molecule has 400 valence electrons. The molecule has 0 spiro atoms. The summed E-state index contributed by atoms with van der Waals surface area (Å²) in [4.78, 5) is 126. The Labute approximate surface area is 436 Å². The lowest BCUT2D eigenvalue weighted by atomic mass is 9.89. The number of imide groups is 1. The van der Waals surface area contributed by atoms with Crippen molar-refractivity contribution in [1.82, 2.24) is 45.1 Å². The van der Waals surface area contributed by atoms with Gasteiger partial charge in [0.05, 0.1) is 23.6 Å². The molecular formula is C55H70N10O10. The number of nitrogens with one attached hydrogen (secondary N) is 4. The maximum Gasteiger partial charge on any atom is 0.408 e. The first-order chi connectivity index (χ1) is 35.8. The summed E-state index contributed by atoms with van der Waals surface area (Å²) in [6, 6.07) is 19.4. The number of likely N-dealkylation sites (tertiary alicyclic amines) is 1. The van der Waals surface area contributed by atoms with Gasteiger partial charge in [0.25, 0.3) is 0 Å². The zero-order chi connectivity index (χ0) is 53.6. The molecule has 0 radical (unpaired) electrons. The lowest BCUT2D eigenvalue weighted by Crippen LogP contribution is -2.62. The molecule has 6 N–H and O–H groups in total. The maximum absolute atomic E-state index is 14.7. The van der Waals surface area contributed by atoms with Crippen LogP contribution in [0.5, 0.6) is 0 Å². The zero-order valence-corrected chi connectivity index (χ0v) is 43.3. The topological polar surface area (TPSA) is 257 Å². The number of aryl methyl sites for hydroxylation is 1. The fourth-order valence-corrected chi connectivity index (χ4v) is 11.1. The van der Waals surface area contributed by atoms with Crippen LogP contribution < -0.4 is 32.7 Å². The lowest BCUT2D eigenvalue weighted by molar-refractivity contribution is -0.146. The number of primary amides is 1. The van der Waals surface area contributed by atoms with Crippen LogP contribution in [0.3, 0.4) is 0 Å². The lowest BCUT2D eigenvalue weighted by Gasteiger charge is -2.39. The summed E-state index contributed by atoms with van der Waals surface area (Å²) in [5.74, 6) is -3.05. The quantitative estimate of drug-likeness (QED) is 0.102. The number of carbonyl (C=O) groups excluding carboxylic acids is 8. The molecule has 5 heterocycles. The molecule has 8 rings (SSSR count). The van der Waals surface area contributed by atoms with Gasteiger partial charge in [-0.25, -0.2) is 9.59 Å². The van der Waals surface area contributed by atoms with Crippen LogP contribution in [-0.4, -0.2) is 134 Å². The standard InChI is InChI=1S/C55H70N10O10/c1-55(2,3)75-53(73)58-40-33-63(47(68)16-11-28-62-29-25-34(26-30-62)37-17-20-41-44(32-37)61(4)54(74)65(41)43-22-24-46(67)59-51(43)71)31-27-38-18-21-42(64(38)52(40)72)50(70)57-39(19-23-45(56)66)49(69)60-48(35-12-7-5-8-13-35)36-14-9-6-10-15-36/h5-10,12-15,17,20,32,34,38-40,42-43,48H,11,16,18-19,21-31,33H2,1-4H3,(H2,56,66)(H,57,70)(H,58,73)(H,60,69)(H,59,67,71)/t38-,39?,40+,42+,43?/m1/s1. The third-order valence-electron chi connectivity index (χ3n) is 15.0. The van der Waals surface area contributed by atoms with Crippen molar-refractivity contribution in [3.05, 3.63) is 106 Å². The molecule has 4 aromatic rings. The van der Waals surface area contributed by atoms with Gasteiger partial charge in [-0.3, -0.25) is 48.0 Å². The number of benzene rings is 3. The van der Waals surface area contributed by atoms with Crippen LogP contribution in [0.4, 0.5) is 4.79 Å². The SMILES string of the molecule is Cn1c(=O)n(C2CCC(=O)NC2=O)c2ccc(C3CCN(CCCC(=O)N4CC[C@H]5CC[C@@H](C(=O)NC(CCC(N)=O)C(=O)NC(c6ccccc6)c6ccccc6)N5C(=O)[C@@H](NC(=O)OC(C)(C)C)C4)CC3)cc21. The van der Waals surface area contributed by atoms with Gasteiger partial charge in [0, 0.05) is 38.9 Å². The molecular weight excluding hydrogens is 961 g/mol. The van der Waals surface area contributed by atoms with Crippen LogP contribution >= 0.6 is 0 Å². The number of aromatic nitrogens is 2. The number of ether oxygens (including phenoxy) is 1. The maximum atomic E-state index is 14.7. The molecule has 0 bridgehead atoms. The van der Waals surface area contributed by atoms with Gasteiger partial charge < -0.3 is 41.1 Å². The number of carbonyl (C=O) groups is 8. The minimum Gasteiger partial charge on any atom is -0.444 e. The first kappa shape index (κ1) is 53.9. The van der Waals surface area contributed by atoms with E-state index >= 15 is 0 Å². The predicted molar refractivity (Wildman–Crippen MR) is 277 cm³/mol. The van der Waals surface area contributed by atoms with E-state index in [0.29, 0.717) is 31.3 Å². The molecule has 20 nitrogen and oxygen atoms in total. The van der Waals surface area contributed by atoms with Crippen LogP contribution in [0.25, 0.3) is 11.0 Å². The number of piperidine rings is 2. The predicted octanol–water partition coefficient (Wildman–Crippen LogP) is 3.42. The van der Waals surface area contributed by atoms with Crippen LogP contribution in [0.1, 0.15) is 126 Å². The Morgan fingerprint density at radius 1 is 0.800 bits per heavy atom. The smallest absolute Gasteiger partial charge is 0.408 e. The van der Waals surface area contributed by atoms with E-state index in [1.54, 1.807) is 37.3 Å². The van der Waals surface area contributed by atoms with E-state index in [0.717, 1.165) is 48.1 Å². The molecule has 4 saturated heterocycles. The van der Waals surface area contributed by atoms with E-state index in [1.807, 2.05) is 78.9 Å². The van der Waals surface area contributed by atoms with E-state index in [4.69, 9.17) is 10.5 Å². The highest BCUT2D eigenvalue weighted by atomic mass is 16.6. The van der Waals surface area contributed by atoms with Crippen molar-refractivity contribution < 1.29 is 43.1 Å². The number of nitrogens with two attached hydrogens (primary N) is 1. The molecule has 0 aliphatic carbocycles. The summed E-state index contributed by atoms with van der Waals surface area (Å²) < 4.78 is 8.60. The van der Waals surface area contributed by atoms with Crippen molar-refractivity contribution in [3.8, 4) is 0 Å². The van der Waals surface area contributed by atoms with Gasteiger partial charge in [-0.1, -0.05) is 66.7 Å². The molecule has 2 unspecified atom stereocenters. The highest BCUT2D eigenvalue weighted by Crippen LogP contribution is 2.33. The molecule has 1 aromatic heterocycles. The van der Waals surface area contributed by atoms with Gasteiger partial charge in [0.15, 0.2) is 0 Å². The van der Waals surface area contributed by atoms with Crippen molar-refractivity contribution >= 4 is 58.5 Å². The first-order valence-corrected chi connectivity index (χ1v) is 26.2. The molecule has 5 atom stereocenters. The fourth-order valence-electron chi connectivity index (χ4n) is 11.1. The average Bonchev–Trinajstić information content (AvgIpc) is 3.91. The molecule has 75 heavy (non-hydrogen) atoms. The minimum absolute atomic E-state index is 0.0846. The van der Waals surface area contributed by atoms with Gasteiger partial charge in [-0.05, 0) is 127 Å². The van der Waals surface area contributed by atoms with Crippen LogP contribution in [0.2, 0.25) is 0 Å². The average molecular weight is 1030 g/mol. The number of amides is 8. The number of alkyl carbamates (subject to hydrolysis) is 1. The Hall–Kier alpha value is -7.35. The second kappa shape index (κ2) is 23.5. The molecule has 3 aromatic carbocycles. The van der Waals surface area contributed by atoms with Crippen LogP contribution in [0, 0.1) is 0 Å². The largest absolute Gasteiger partial charge is 0.444 e. The van der Waals surface area contributed by atoms with E-state index in [-0.39, 0.29) is 75.0 Å². The normalized spacial score (nSPS) is 21.2. The Morgan fingerprint density at radius 2 is 1.48 bits per heavy atom. The summed E-state index contributed by atoms with van der Waals surface area (Å²) >= 11 is 0. The van der Waals surface area contributed by atoms with Crippen molar-refractivity contribution in [1.29, 1.82) is 0 Å². The third kappa shape index (κ3) is 13.0. The van der Waals surface area contributed by atoms with E-state index < -0.39 is 77.5 Å². The number of hydrogen-bond acceptors (Lipinski definition) is 11. The Morgan fingerprint density at radius 3 is 2.12 bits per heavy atom. The van der Waals surface area contributed by atoms with Gasteiger partial charge in [0.1, 0.15) is 29.8 Å². The number of rotatable bonds is 16. The van der Waals surface area contributed by atoms with E-state index in [1.165, 1.54) is 9.47 Å². The Kier molecular flexibility index (Phi) is 16.9. The molecule has 4 aliphatic rings. The molecule has 8 amide bonds. The van der Waals surface area contributed by atoms with Crippen LogP contribution in [-0.2, 0) is 45.3 Å². The second-order valence-corrected chi connectivity index (χ2v) is 21.3. The number of fused-ring (bicyclic) bond motifs is 2. The van der Waals surface area contributed by atoms with Gasteiger partial charge >= 0.3 is 11.8 Å². The highest BCUT2D eigenvalue weighted by Gasteiger charge is 2.46. The summed E-state index contributed by atoms with van der Waals surface area (Å²) in [6.45, 7) is 7.51. The van der Waals surface area contributed by atoms with E-state index in [9.17, 15) is 43.2 Å². The van der Waals surface area contributed by atoms with Crippen LogP contribution in [0.15, 0.2) is 83.7 Å². The summed E-state index contributed by atoms with van der Waals surface area (Å²) in [6.07, 6.45) is 2.92. The Bertz CT molecular complexity index is 2800. The van der Waals surface area contributed by atoms with Gasteiger partial charge in [0.2, 0.25) is 41.4 Å². The van der Waals surface area contributed by atoms with Gasteiger partial charge in [-0.2, -0.15) is 0 Å².